The predicted octanol–water partition coefficient (Wildman–Crippen LogP) is 2.19. The molecule has 0 spiro atoms. The lowest BCUT2D eigenvalue weighted by Gasteiger charge is -2.37. The Kier molecular flexibility index (Phi) is 2.84. The number of aryl methyl sites for hydroxylation is 2. The summed E-state index contributed by atoms with van der Waals surface area (Å²) in [5, 5.41) is 0.995. The maximum absolute atomic E-state index is 11.9. The zero-order valence-electron chi connectivity index (χ0n) is 13.6. The van der Waals surface area contributed by atoms with Gasteiger partial charge in [-0.3, -0.25) is 0 Å². The lowest BCUT2D eigenvalue weighted by Crippen LogP contribution is -2.45. The number of hydrogen-bond donors (Lipinski definition) is 1. The fraction of sp³-hybridized carbons (Fsp3) is 0.412. The highest BCUT2D eigenvalue weighted by Gasteiger charge is 2.38. The molecule has 0 aliphatic heterocycles. The third kappa shape index (κ3) is 1.84. The SMILES string of the molecule is COC(=O)c1cc2cc3c(cc2n1C)nc(C1(N)CCC1)n3C. The van der Waals surface area contributed by atoms with Crippen LogP contribution in [0, 0.1) is 0 Å². The molecular weight excluding hydrogens is 292 g/mol. The second-order valence-electron chi connectivity index (χ2n) is 6.48. The molecule has 2 heterocycles. The number of imidazole rings is 1. The quantitative estimate of drug-likeness (QED) is 0.736. The van der Waals surface area contributed by atoms with E-state index >= 15 is 0 Å². The van der Waals surface area contributed by atoms with Gasteiger partial charge in [0.15, 0.2) is 0 Å². The Morgan fingerprint density at radius 3 is 2.57 bits per heavy atom. The lowest BCUT2D eigenvalue weighted by atomic mass is 9.77. The van der Waals surface area contributed by atoms with Crippen molar-refractivity contribution in [2.24, 2.45) is 19.8 Å². The highest BCUT2D eigenvalue weighted by Crippen LogP contribution is 2.39. The van der Waals surface area contributed by atoms with E-state index in [1.54, 1.807) is 0 Å². The number of carbonyl (C=O) groups is 1. The van der Waals surface area contributed by atoms with Crippen LogP contribution in [0.1, 0.15) is 35.6 Å². The fourth-order valence-electron chi connectivity index (χ4n) is 3.55. The number of rotatable bonds is 2. The van der Waals surface area contributed by atoms with Crippen molar-refractivity contribution in [3.8, 4) is 0 Å². The number of ether oxygens (including phenoxy) is 1. The Morgan fingerprint density at radius 1 is 1.22 bits per heavy atom. The molecule has 120 valence electrons. The number of fused-ring (bicyclic) bond motifs is 2. The normalized spacial score (nSPS) is 16.7. The summed E-state index contributed by atoms with van der Waals surface area (Å²) in [6.07, 6.45) is 3.12. The first-order valence-electron chi connectivity index (χ1n) is 7.78. The smallest absolute Gasteiger partial charge is 0.354 e. The zero-order chi connectivity index (χ0) is 16.4. The maximum atomic E-state index is 11.9. The van der Waals surface area contributed by atoms with Crippen LogP contribution in [0.15, 0.2) is 18.2 Å². The molecule has 1 aromatic carbocycles. The summed E-state index contributed by atoms with van der Waals surface area (Å²) >= 11 is 0. The van der Waals surface area contributed by atoms with E-state index in [1.807, 2.05) is 30.8 Å². The number of hydrogen-bond acceptors (Lipinski definition) is 4. The van der Waals surface area contributed by atoms with Crippen molar-refractivity contribution in [1.29, 1.82) is 0 Å². The maximum Gasteiger partial charge on any atom is 0.354 e. The average molecular weight is 312 g/mol. The van der Waals surface area contributed by atoms with Crippen molar-refractivity contribution in [2.45, 2.75) is 24.8 Å². The van der Waals surface area contributed by atoms with Gasteiger partial charge in [-0.2, -0.15) is 0 Å². The van der Waals surface area contributed by atoms with Crippen molar-refractivity contribution in [3.05, 3.63) is 29.7 Å². The van der Waals surface area contributed by atoms with E-state index in [0.717, 1.165) is 47.0 Å². The highest BCUT2D eigenvalue weighted by molar-refractivity contribution is 6.00. The molecule has 1 fully saturated rings. The molecule has 0 bridgehead atoms. The highest BCUT2D eigenvalue weighted by atomic mass is 16.5. The van der Waals surface area contributed by atoms with E-state index in [2.05, 4.69) is 10.6 Å². The molecule has 1 aliphatic carbocycles. The third-order valence-corrected chi connectivity index (χ3v) is 5.13. The molecule has 0 atom stereocenters. The van der Waals surface area contributed by atoms with Gasteiger partial charge in [0.1, 0.15) is 11.5 Å². The van der Waals surface area contributed by atoms with E-state index in [0.29, 0.717) is 5.69 Å². The van der Waals surface area contributed by atoms with E-state index < -0.39 is 0 Å². The van der Waals surface area contributed by atoms with Crippen LogP contribution in [0.5, 0.6) is 0 Å². The molecular formula is C17H20N4O2. The first-order chi connectivity index (χ1) is 10.9. The van der Waals surface area contributed by atoms with Gasteiger partial charge >= 0.3 is 5.97 Å². The van der Waals surface area contributed by atoms with Gasteiger partial charge in [-0.15, -0.1) is 0 Å². The number of nitrogens with two attached hydrogens (primary N) is 1. The standard InChI is InChI=1S/C17H20N4O2/c1-20-12-9-11-13(7-10(12)8-14(20)15(22)23-3)21(2)16(19-11)17(18)5-4-6-17/h7-9H,4-6,18H2,1-3H3. The van der Waals surface area contributed by atoms with Crippen LogP contribution >= 0.6 is 0 Å². The van der Waals surface area contributed by atoms with Crippen LogP contribution in [-0.2, 0) is 24.4 Å². The number of methoxy groups -OCH3 is 1. The van der Waals surface area contributed by atoms with Crippen LogP contribution < -0.4 is 5.73 Å². The minimum atomic E-state index is -0.336. The summed E-state index contributed by atoms with van der Waals surface area (Å²) in [5.41, 5.74) is 9.59. The van der Waals surface area contributed by atoms with Crippen molar-refractivity contribution < 1.29 is 9.53 Å². The molecule has 0 amide bonds. The Hall–Kier alpha value is -2.34. The van der Waals surface area contributed by atoms with Gasteiger partial charge in [-0.1, -0.05) is 0 Å². The Morgan fingerprint density at radius 2 is 1.96 bits per heavy atom. The van der Waals surface area contributed by atoms with Crippen LogP contribution in [0.4, 0.5) is 0 Å². The monoisotopic (exact) mass is 312 g/mol. The molecule has 1 aliphatic rings. The van der Waals surface area contributed by atoms with Gasteiger partial charge in [-0.25, -0.2) is 9.78 Å². The van der Waals surface area contributed by atoms with Gasteiger partial charge in [-0.05, 0) is 37.5 Å². The Bertz CT molecular complexity index is 947. The van der Waals surface area contributed by atoms with Gasteiger partial charge in [0, 0.05) is 19.5 Å². The minimum Gasteiger partial charge on any atom is -0.464 e. The molecule has 3 aromatic rings. The number of benzene rings is 1. The Balaban J connectivity index is 1.95. The topological polar surface area (TPSA) is 75.1 Å². The van der Waals surface area contributed by atoms with Crippen LogP contribution in [0.25, 0.3) is 21.9 Å². The molecule has 2 N–H and O–H groups in total. The largest absolute Gasteiger partial charge is 0.464 e. The summed E-state index contributed by atoms with van der Waals surface area (Å²) in [6, 6.07) is 5.94. The van der Waals surface area contributed by atoms with Gasteiger partial charge in [0.05, 0.1) is 29.2 Å². The van der Waals surface area contributed by atoms with E-state index in [9.17, 15) is 4.79 Å². The van der Waals surface area contributed by atoms with Crippen LogP contribution in [-0.4, -0.2) is 27.2 Å². The van der Waals surface area contributed by atoms with Crippen molar-refractivity contribution in [1.82, 2.24) is 14.1 Å². The summed E-state index contributed by atoms with van der Waals surface area (Å²) in [5.74, 6) is 0.610. The predicted molar refractivity (Wildman–Crippen MR) is 88.2 cm³/mol. The second kappa shape index (κ2) is 4.58. The van der Waals surface area contributed by atoms with Crippen molar-refractivity contribution >= 4 is 27.9 Å². The Labute approximate surface area is 133 Å². The summed E-state index contributed by atoms with van der Waals surface area (Å²) in [7, 11) is 5.26. The molecule has 1 saturated carbocycles. The summed E-state index contributed by atoms with van der Waals surface area (Å²) < 4.78 is 8.76. The van der Waals surface area contributed by atoms with Gasteiger partial charge in [0.25, 0.3) is 0 Å². The van der Waals surface area contributed by atoms with Gasteiger partial charge in [0.2, 0.25) is 0 Å². The number of nitrogens with zero attached hydrogens (tertiary/aromatic N) is 3. The molecule has 4 rings (SSSR count). The van der Waals surface area contributed by atoms with Crippen molar-refractivity contribution in [3.63, 3.8) is 0 Å². The molecule has 6 heteroatoms. The van der Waals surface area contributed by atoms with Crippen molar-refractivity contribution in [2.75, 3.05) is 7.11 Å². The number of esters is 1. The molecule has 0 radical (unpaired) electrons. The molecule has 0 saturated heterocycles. The molecule has 2 aromatic heterocycles. The second-order valence-corrected chi connectivity index (χ2v) is 6.48. The average Bonchev–Trinajstić information content (AvgIpc) is 3.01. The number of carbonyl (C=O) groups excluding carboxylic acids is 1. The van der Waals surface area contributed by atoms with E-state index in [1.165, 1.54) is 7.11 Å². The van der Waals surface area contributed by atoms with Crippen LogP contribution in [0.2, 0.25) is 0 Å². The first-order valence-corrected chi connectivity index (χ1v) is 7.78. The van der Waals surface area contributed by atoms with Crippen LogP contribution in [0.3, 0.4) is 0 Å². The number of aromatic nitrogens is 3. The van der Waals surface area contributed by atoms with E-state index in [4.69, 9.17) is 15.5 Å². The summed E-state index contributed by atoms with van der Waals surface area (Å²) in [6.45, 7) is 0. The van der Waals surface area contributed by atoms with E-state index in [-0.39, 0.29) is 11.5 Å². The molecule has 0 unspecified atom stereocenters. The minimum absolute atomic E-state index is 0.295. The lowest BCUT2D eigenvalue weighted by molar-refractivity contribution is 0.0590. The van der Waals surface area contributed by atoms with Gasteiger partial charge < -0.3 is 19.6 Å². The fourth-order valence-corrected chi connectivity index (χ4v) is 3.55. The molecule has 23 heavy (non-hydrogen) atoms. The third-order valence-electron chi connectivity index (χ3n) is 5.13. The zero-order valence-corrected chi connectivity index (χ0v) is 13.6. The summed E-state index contributed by atoms with van der Waals surface area (Å²) in [4.78, 5) is 16.6. The first kappa shape index (κ1) is 14.3. The molecule has 6 nitrogen and oxygen atoms in total.